The number of aromatic nitrogens is 1. The third kappa shape index (κ3) is 3.74. The number of hydrogen-bond donors (Lipinski definition) is 0. The molecule has 0 aliphatic heterocycles. The summed E-state index contributed by atoms with van der Waals surface area (Å²) in [5.41, 5.74) is 7.04. The molecule has 0 amide bonds. The molecule has 0 aliphatic rings. The molecule has 0 radical (unpaired) electrons. The number of benzene rings is 7. The van der Waals surface area contributed by atoms with Crippen molar-refractivity contribution in [2.75, 3.05) is 0 Å². The average Bonchev–Trinajstić information content (AvgIpc) is 3.47. The Morgan fingerprint density at radius 2 is 1.02 bits per heavy atom. The molecule has 0 spiro atoms. The predicted octanol–water partition coefficient (Wildman–Crippen LogP) is 11.9. The Bertz CT molecular complexity index is 2430. The van der Waals surface area contributed by atoms with Crippen LogP contribution in [0, 0.1) is 0 Å². The van der Waals surface area contributed by atoms with Gasteiger partial charge in [0.2, 0.25) is 0 Å². The molecule has 0 aliphatic carbocycles. The van der Waals surface area contributed by atoms with Crippen LogP contribution < -0.4 is 0 Å². The molecular formula is C41H25NS. The first-order valence-electron chi connectivity index (χ1n) is 14.6. The number of fused-ring (bicyclic) bond motifs is 7. The molecule has 9 aromatic rings. The van der Waals surface area contributed by atoms with Crippen LogP contribution >= 0.6 is 11.3 Å². The van der Waals surface area contributed by atoms with E-state index >= 15 is 0 Å². The lowest BCUT2D eigenvalue weighted by molar-refractivity contribution is 1.34. The maximum absolute atomic E-state index is 5.16. The molecule has 7 aromatic carbocycles. The van der Waals surface area contributed by atoms with Crippen molar-refractivity contribution in [1.29, 1.82) is 0 Å². The van der Waals surface area contributed by atoms with E-state index in [1.807, 2.05) is 11.3 Å². The van der Waals surface area contributed by atoms with Crippen LogP contribution in [0.25, 0.3) is 86.0 Å². The average molecular weight is 564 g/mol. The molecule has 0 fully saturated rings. The minimum atomic E-state index is 0.989. The third-order valence-electron chi connectivity index (χ3n) is 8.71. The zero-order valence-corrected chi connectivity index (χ0v) is 24.1. The topological polar surface area (TPSA) is 12.9 Å². The molecule has 43 heavy (non-hydrogen) atoms. The Kier molecular flexibility index (Phi) is 5.44. The minimum Gasteiger partial charge on any atom is -0.256 e. The van der Waals surface area contributed by atoms with Crippen molar-refractivity contribution in [3.63, 3.8) is 0 Å². The van der Waals surface area contributed by atoms with Crippen molar-refractivity contribution in [2.24, 2.45) is 0 Å². The van der Waals surface area contributed by atoms with Crippen LogP contribution in [0.15, 0.2) is 152 Å². The molecule has 9 rings (SSSR count). The quantitative estimate of drug-likeness (QED) is 0.195. The maximum Gasteiger partial charge on any atom is 0.0714 e. The molecule has 0 unspecified atom stereocenters. The molecule has 0 N–H and O–H groups in total. The van der Waals surface area contributed by atoms with Crippen LogP contribution in [-0.2, 0) is 0 Å². The van der Waals surface area contributed by atoms with Crippen LogP contribution in [0.5, 0.6) is 0 Å². The van der Waals surface area contributed by atoms with Gasteiger partial charge in [-0.1, -0.05) is 127 Å². The van der Waals surface area contributed by atoms with E-state index in [2.05, 4.69) is 152 Å². The minimum absolute atomic E-state index is 0.989. The molecule has 0 bridgehead atoms. The van der Waals surface area contributed by atoms with E-state index in [4.69, 9.17) is 4.98 Å². The molecular weight excluding hydrogens is 539 g/mol. The summed E-state index contributed by atoms with van der Waals surface area (Å²) in [4.78, 5) is 5.16. The summed E-state index contributed by atoms with van der Waals surface area (Å²) < 4.78 is 2.63. The third-order valence-corrected chi connectivity index (χ3v) is 9.83. The highest BCUT2D eigenvalue weighted by Gasteiger charge is 2.18. The van der Waals surface area contributed by atoms with Gasteiger partial charge in [0.05, 0.1) is 5.69 Å². The lowest BCUT2D eigenvalue weighted by atomic mass is 9.87. The molecule has 2 heteroatoms. The predicted molar refractivity (Wildman–Crippen MR) is 186 cm³/mol. The molecule has 0 atom stereocenters. The van der Waals surface area contributed by atoms with E-state index in [0.29, 0.717) is 0 Å². The van der Waals surface area contributed by atoms with Crippen molar-refractivity contribution in [3.05, 3.63) is 152 Å². The summed E-state index contributed by atoms with van der Waals surface area (Å²) in [6, 6.07) is 52.6. The van der Waals surface area contributed by atoms with Crippen molar-refractivity contribution in [2.45, 2.75) is 0 Å². The van der Waals surface area contributed by atoms with Crippen LogP contribution in [0.4, 0.5) is 0 Å². The monoisotopic (exact) mass is 563 g/mol. The number of thiophene rings is 1. The first-order valence-corrected chi connectivity index (χ1v) is 15.5. The molecule has 0 saturated heterocycles. The van der Waals surface area contributed by atoms with Gasteiger partial charge in [-0.3, -0.25) is 4.98 Å². The summed E-state index contributed by atoms with van der Waals surface area (Å²) in [6.07, 6.45) is 2.06. The van der Waals surface area contributed by atoms with Gasteiger partial charge in [0.25, 0.3) is 0 Å². The number of rotatable bonds is 3. The van der Waals surface area contributed by atoms with Gasteiger partial charge in [-0.2, -0.15) is 0 Å². The Morgan fingerprint density at radius 3 is 1.72 bits per heavy atom. The van der Waals surface area contributed by atoms with E-state index in [1.54, 1.807) is 0 Å². The maximum atomic E-state index is 5.16. The summed E-state index contributed by atoms with van der Waals surface area (Å²) in [5, 5.41) is 10.2. The van der Waals surface area contributed by atoms with Gasteiger partial charge in [-0.15, -0.1) is 11.3 Å². The van der Waals surface area contributed by atoms with Gasteiger partial charge in [-0.25, -0.2) is 0 Å². The van der Waals surface area contributed by atoms with E-state index in [0.717, 1.165) is 11.3 Å². The van der Waals surface area contributed by atoms with E-state index in [-0.39, 0.29) is 0 Å². The molecule has 2 heterocycles. The number of hydrogen-bond acceptors (Lipinski definition) is 2. The lowest BCUT2D eigenvalue weighted by Crippen LogP contribution is -1.92. The van der Waals surface area contributed by atoms with E-state index in [1.165, 1.54) is 74.7 Å². The van der Waals surface area contributed by atoms with Gasteiger partial charge in [-0.05, 0) is 67.2 Å². The fourth-order valence-electron chi connectivity index (χ4n) is 6.85. The second-order valence-corrected chi connectivity index (χ2v) is 12.2. The summed E-state index contributed by atoms with van der Waals surface area (Å²) in [5.74, 6) is 0. The van der Waals surface area contributed by atoms with Gasteiger partial charge in [0, 0.05) is 37.5 Å². The van der Waals surface area contributed by atoms with Gasteiger partial charge in [0.15, 0.2) is 0 Å². The SMILES string of the molecule is c1ccc(-c2c3ccccc3c(-c3ccc(-c4cccc5sc6ccc7ccccc7c6c45)cn3)c3ccccc23)cc1. The normalized spacial score (nSPS) is 11.7. The molecule has 2 aromatic heterocycles. The van der Waals surface area contributed by atoms with Crippen molar-refractivity contribution >= 4 is 63.8 Å². The van der Waals surface area contributed by atoms with Crippen LogP contribution in [0.3, 0.4) is 0 Å². The highest BCUT2D eigenvalue weighted by molar-refractivity contribution is 7.26. The number of pyridine rings is 1. The Hall–Kier alpha value is -5.31. The first-order chi connectivity index (χ1) is 21.3. The molecule has 1 nitrogen and oxygen atoms in total. The zero-order chi connectivity index (χ0) is 28.3. The fraction of sp³-hybridized carbons (Fsp3) is 0. The first kappa shape index (κ1) is 24.3. The fourth-order valence-corrected chi connectivity index (χ4v) is 8.00. The largest absolute Gasteiger partial charge is 0.256 e. The highest BCUT2D eigenvalue weighted by Crippen LogP contribution is 2.45. The second-order valence-electron chi connectivity index (χ2n) is 11.1. The van der Waals surface area contributed by atoms with E-state index < -0.39 is 0 Å². The summed E-state index contributed by atoms with van der Waals surface area (Å²) >= 11 is 1.87. The van der Waals surface area contributed by atoms with Crippen molar-refractivity contribution in [1.82, 2.24) is 4.98 Å². The lowest BCUT2D eigenvalue weighted by Gasteiger charge is -2.17. The summed E-state index contributed by atoms with van der Waals surface area (Å²) in [6.45, 7) is 0. The Morgan fingerprint density at radius 1 is 0.395 bits per heavy atom. The standard InChI is InChI=1S/C41H25NS/c1-2-12-27(13-3-1)38-31-15-6-8-17-33(31)39(34-18-9-7-16-32(34)38)35-23-21-28(25-42-35)30-19-10-20-36-41(30)40-29-14-5-4-11-26(29)22-24-37(40)43-36/h1-25H. The Balaban J connectivity index is 1.27. The number of nitrogens with zero attached hydrogens (tertiary/aromatic N) is 1. The van der Waals surface area contributed by atoms with Gasteiger partial charge < -0.3 is 0 Å². The van der Waals surface area contributed by atoms with Crippen LogP contribution in [0.1, 0.15) is 0 Å². The highest BCUT2D eigenvalue weighted by atomic mass is 32.1. The molecule has 200 valence electrons. The van der Waals surface area contributed by atoms with Crippen molar-refractivity contribution in [3.8, 4) is 33.5 Å². The van der Waals surface area contributed by atoms with Gasteiger partial charge >= 0.3 is 0 Å². The summed E-state index contributed by atoms with van der Waals surface area (Å²) in [7, 11) is 0. The van der Waals surface area contributed by atoms with E-state index in [9.17, 15) is 0 Å². The van der Waals surface area contributed by atoms with Gasteiger partial charge in [0.1, 0.15) is 0 Å². The van der Waals surface area contributed by atoms with Crippen LogP contribution in [-0.4, -0.2) is 4.98 Å². The second kappa shape index (κ2) is 9.62. The molecule has 0 saturated carbocycles. The smallest absolute Gasteiger partial charge is 0.0714 e. The zero-order valence-electron chi connectivity index (χ0n) is 23.3. The Labute approximate surface area is 253 Å². The van der Waals surface area contributed by atoms with Crippen molar-refractivity contribution < 1.29 is 0 Å². The van der Waals surface area contributed by atoms with Crippen LogP contribution in [0.2, 0.25) is 0 Å².